The Bertz CT molecular complexity index is 1210. The average Bonchev–Trinajstić information content (AvgIpc) is 3.46. The summed E-state index contributed by atoms with van der Waals surface area (Å²) in [6, 6.07) is 14.3. The van der Waals surface area contributed by atoms with Crippen LogP contribution in [0.1, 0.15) is 19.7 Å². The Morgan fingerprint density at radius 3 is 2.76 bits per heavy atom. The van der Waals surface area contributed by atoms with E-state index in [4.69, 9.17) is 9.47 Å². The molecule has 0 atom stereocenters. The summed E-state index contributed by atoms with van der Waals surface area (Å²) in [5, 5.41) is 16.3. The quantitative estimate of drug-likeness (QED) is 0.426. The zero-order chi connectivity index (χ0) is 22.6. The molecule has 0 spiro atoms. The van der Waals surface area contributed by atoms with Crippen molar-refractivity contribution in [3.05, 3.63) is 48.3 Å². The number of fused-ring (bicyclic) bond motifs is 1. The monoisotopic (exact) mass is 446 g/mol. The largest absolute Gasteiger partial charge is 0.492 e. The molecule has 0 amide bonds. The Labute approximate surface area is 193 Å². The topological polar surface area (TPSA) is 91.9 Å². The summed E-state index contributed by atoms with van der Waals surface area (Å²) in [5.74, 6) is 2.99. The van der Waals surface area contributed by atoms with Gasteiger partial charge in [-0.15, -0.1) is 0 Å². The van der Waals surface area contributed by atoms with Crippen LogP contribution in [0.15, 0.2) is 42.5 Å². The van der Waals surface area contributed by atoms with Crippen LogP contribution in [0.2, 0.25) is 0 Å². The molecule has 3 heterocycles. The highest BCUT2D eigenvalue weighted by Gasteiger charge is 2.14. The summed E-state index contributed by atoms with van der Waals surface area (Å²) in [4.78, 5) is 7.04. The van der Waals surface area contributed by atoms with Crippen molar-refractivity contribution < 1.29 is 9.47 Å². The van der Waals surface area contributed by atoms with Crippen LogP contribution in [-0.2, 0) is 11.2 Å². The van der Waals surface area contributed by atoms with Crippen molar-refractivity contribution >= 4 is 10.9 Å². The second-order valence-electron chi connectivity index (χ2n) is 8.87. The van der Waals surface area contributed by atoms with Crippen LogP contribution < -0.4 is 4.74 Å². The van der Waals surface area contributed by atoms with Crippen molar-refractivity contribution in [1.82, 2.24) is 30.3 Å². The van der Waals surface area contributed by atoms with Crippen LogP contribution in [-0.4, -0.2) is 69.7 Å². The summed E-state index contributed by atoms with van der Waals surface area (Å²) in [7, 11) is 0. The van der Waals surface area contributed by atoms with E-state index in [-0.39, 0.29) is 0 Å². The van der Waals surface area contributed by atoms with Crippen LogP contribution in [0.3, 0.4) is 0 Å². The molecule has 33 heavy (non-hydrogen) atoms. The fourth-order valence-corrected chi connectivity index (χ4v) is 4.13. The van der Waals surface area contributed by atoms with Crippen LogP contribution in [0.25, 0.3) is 33.5 Å². The molecular formula is C25H30N6O2. The van der Waals surface area contributed by atoms with Crippen molar-refractivity contribution in [3.8, 4) is 28.4 Å². The summed E-state index contributed by atoms with van der Waals surface area (Å²) in [6.45, 7) is 9.44. The fraction of sp³-hybridized carbons (Fsp3) is 0.400. The lowest BCUT2D eigenvalue weighted by Gasteiger charge is -2.26. The van der Waals surface area contributed by atoms with Crippen molar-refractivity contribution in [2.75, 3.05) is 39.5 Å². The maximum Gasteiger partial charge on any atom is 0.181 e. The molecular weight excluding hydrogens is 416 g/mol. The summed E-state index contributed by atoms with van der Waals surface area (Å²) in [6.07, 6.45) is 0.879. The number of hydrogen-bond acceptors (Lipinski definition) is 6. The van der Waals surface area contributed by atoms with Crippen LogP contribution in [0.4, 0.5) is 0 Å². The van der Waals surface area contributed by atoms with Crippen molar-refractivity contribution in [3.63, 3.8) is 0 Å². The Morgan fingerprint density at radius 2 is 1.91 bits per heavy atom. The predicted molar refractivity (Wildman–Crippen MR) is 128 cm³/mol. The fourth-order valence-electron chi connectivity index (χ4n) is 4.13. The number of rotatable bonds is 8. The highest BCUT2D eigenvalue weighted by atomic mass is 16.5. The minimum Gasteiger partial charge on any atom is -0.492 e. The smallest absolute Gasteiger partial charge is 0.181 e. The number of aromatic nitrogens is 5. The van der Waals surface area contributed by atoms with Crippen molar-refractivity contribution in [2.45, 2.75) is 20.3 Å². The van der Waals surface area contributed by atoms with Crippen molar-refractivity contribution in [2.24, 2.45) is 5.92 Å². The molecule has 172 valence electrons. The summed E-state index contributed by atoms with van der Waals surface area (Å²) < 4.78 is 11.4. The molecule has 1 aliphatic rings. The molecule has 2 N–H and O–H groups in total. The van der Waals surface area contributed by atoms with E-state index in [1.807, 2.05) is 24.3 Å². The zero-order valence-corrected chi connectivity index (χ0v) is 19.2. The molecule has 5 rings (SSSR count). The average molecular weight is 447 g/mol. The standard InChI is InChI=1S/C25H30N6O2/c1-17(2)14-23-26-25(30-28-23)19-6-7-22-21(16-19)24(29-27-22)18-4-3-5-20(15-18)33-13-10-31-8-11-32-12-9-31/h3-7,15-17H,8-14H2,1-2H3,(H,27,29)(H,26,28,30). The molecule has 1 aliphatic heterocycles. The molecule has 0 bridgehead atoms. The number of nitrogens with zero attached hydrogens (tertiary/aromatic N) is 4. The molecule has 0 aliphatic carbocycles. The molecule has 1 saturated heterocycles. The van der Waals surface area contributed by atoms with E-state index in [2.05, 4.69) is 62.3 Å². The molecule has 8 heteroatoms. The minimum atomic E-state index is 0.525. The first-order valence-corrected chi connectivity index (χ1v) is 11.6. The second kappa shape index (κ2) is 9.72. The van der Waals surface area contributed by atoms with Gasteiger partial charge < -0.3 is 9.47 Å². The first kappa shape index (κ1) is 21.6. The maximum absolute atomic E-state index is 6.04. The van der Waals surface area contributed by atoms with Gasteiger partial charge in [0, 0.05) is 42.6 Å². The lowest BCUT2D eigenvalue weighted by atomic mass is 10.1. The van der Waals surface area contributed by atoms with E-state index in [1.54, 1.807) is 0 Å². The highest BCUT2D eigenvalue weighted by Crippen LogP contribution is 2.31. The third-order valence-corrected chi connectivity index (χ3v) is 5.84. The number of aromatic amines is 2. The van der Waals surface area contributed by atoms with E-state index in [0.29, 0.717) is 18.3 Å². The number of H-pyrrole nitrogens is 2. The van der Waals surface area contributed by atoms with Gasteiger partial charge in [-0.25, -0.2) is 4.98 Å². The molecule has 4 aromatic rings. The van der Waals surface area contributed by atoms with E-state index in [0.717, 1.165) is 78.6 Å². The van der Waals surface area contributed by atoms with Gasteiger partial charge in [-0.2, -0.15) is 10.2 Å². The number of morpholine rings is 1. The maximum atomic E-state index is 6.04. The van der Waals surface area contributed by atoms with E-state index >= 15 is 0 Å². The first-order valence-electron chi connectivity index (χ1n) is 11.6. The number of ether oxygens (including phenoxy) is 2. The lowest BCUT2D eigenvalue weighted by molar-refractivity contribution is 0.0322. The van der Waals surface area contributed by atoms with Crippen LogP contribution >= 0.6 is 0 Å². The summed E-state index contributed by atoms with van der Waals surface area (Å²) in [5.41, 5.74) is 3.85. The van der Waals surface area contributed by atoms with Gasteiger partial charge in [0.15, 0.2) is 5.82 Å². The van der Waals surface area contributed by atoms with Gasteiger partial charge in [-0.05, 0) is 36.2 Å². The molecule has 2 aromatic heterocycles. The molecule has 8 nitrogen and oxygen atoms in total. The van der Waals surface area contributed by atoms with Gasteiger partial charge >= 0.3 is 0 Å². The van der Waals surface area contributed by atoms with Gasteiger partial charge in [-0.3, -0.25) is 15.1 Å². The zero-order valence-electron chi connectivity index (χ0n) is 19.2. The lowest BCUT2D eigenvalue weighted by Crippen LogP contribution is -2.38. The molecule has 0 saturated carbocycles. The summed E-state index contributed by atoms with van der Waals surface area (Å²) >= 11 is 0. The molecule has 1 fully saturated rings. The molecule has 0 unspecified atom stereocenters. The van der Waals surface area contributed by atoms with Crippen molar-refractivity contribution in [1.29, 1.82) is 0 Å². The third-order valence-electron chi connectivity index (χ3n) is 5.84. The van der Waals surface area contributed by atoms with Crippen LogP contribution in [0, 0.1) is 5.92 Å². The van der Waals surface area contributed by atoms with E-state index in [1.165, 1.54) is 0 Å². The van der Waals surface area contributed by atoms with Gasteiger partial charge in [0.25, 0.3) is 0 Å². The number of benzene rings is 2. The van der Waals surface area contributed by atoms with Gasteiger partial charge in [0.05, 0.1) is 18.7 Å². The normalized spacial score (nSPS) is 14.9. The Hall–Kier alpha value is -3.23. The minimum absolute atomic E-state index is 0.525. The van der Waals surface area contributed by atoms with Gasteiger partial charge in [-0.1, -0.05) is 26.0 Å². The number of nitrogens with one attached hydrogen (secondary N) is 2. The van der Waals surface area contributed by atoms with E-state index in [9.17, 15) is 0 Å². The SMILES string of the molecule is CC(C)Cc1nc(-c2ccc3[nH]nc(-c4cccc(OCCN5CCOCC5)c4)c3c2)n[nH]1. The molecule has 0 radical (unpaired) electrons. The van der Waals surface area contributed by atoms with Gasteiger partial charge in [0.1, 0.15) is 23.9 Å². The van der Waals surface area contributed by atoms with Gasteiger partial charge in [0.2, 0.25) is 0 Å². The Morgan fingerprint density at radius 1 is 1.03 bits per heavy atom. The predicted octanol–water partition coefficient (Wildman–Crippen LogP) is 3.92. The second-order valence-corrected chi connectivity index (χ2v) is 8.87. The highest BCUT2D eigenvalue weighted by molar-refractivity contribution is 5.95. The molecule has 2 aromatic carbocycles. The van der Waals surface area contributed by atoms with E-state index < -0.39 is 0 Å². The Kier molecular flexibility index (Phi) is 6.37. The number of hydrogen-bond donors (Lipinski definition) is 2. The van der Waals surface area contributed by atoms with Crippen LogP contribution in [0.5, 0.6) is 5.75 Å². The third kappa shape index (κ3) is 5.07. The first-order chi connectivity index (χ1) is 16.2. The Balaban J connectivity index is 1.34.